The van der Waals surface area contributed by atoms with Gasteiger partial charge in [-0.15, -0.1) is 0 Å². The Bertz CT molecular complexity index is 2080. The number of alkyl halides is 3. The second-order valence-corrected chi connectivity index (χ2v) is 10.9. The van der Waals surface area contributed by atoms with Crippen LogP contribution in [-0.4, -0.2) is 21.6 Å². The van der Waals surface area contributed by atoms with E-state index in [4.69, 9.17) is 0 Å². The van der Waals surface area contributed by atoms with Crippen LogP contribution in [0.25, 0.3) is 32.8 Å². The maximum Gasteiger partial charge on any atom is 0.416 e. The number of halogens is 4. The number of carbonyl (C=O) groups excluding carboxylic acids is 1. The molecule has 0 radical (unpaired) electrons. The third kappa shape index (κ3) is 6.15. The lowest BCUT2D eigenvalue weighted by Gasteiger charge is -2.18. The molecule has 0 aliphatic carbocycles. The molecule has 0 aliphatic heterocycles. The van der Waals surface area contributed by atoms with Crippen LogP contribution < -0.4 is 5.32 Å². The normalized spacial score (nSPS) is 12.4. The number of fused-ring (bicyclic) bond motifs is 2. The number of rotatable bonds is 7. The highest BCUT2D eigenvalue weighted by Crippen LogP contribution is 2.35. The Balaban J connectivity index is 1.43. The number of hydrogen-bond donors (Lipinski definition) is 2. The van der Waals surface area contributed by atoms with Crippen LogP contribution in [-0.2, 0) is 12.7 Å². The minimum absolute atomic E-state index is 0.0159. The van der Waals surface area contributed by atoms with Crippen molar-refractivity contribution in [2.45, 2.75) is 25.7 Å². The van der Waals surface area contributed by atoms with E-state index in [9.17, 15) is 32.3 Å². The summed E-state index contributed by atoms with van der Waals surface area (Å²) in [5, 5.41) is 14.9. The van der Waals surface area contributed by atoms with Crippen molar-refractivity contribution in [2.75, 3.05) is 0 Å². The molecule has 5 nitrogen and oxygen atoms in total. The predicted octanol–water partition coefficient (Wildman–Crippen LogP) is 8.86. The zero-order valence-corrected chi connectivity index (χ0v) is 23.9. The average Bonchev–Trinajstić information content (AvgIpc) is 3.42. The maximum atomic E-state index is 14.4. The van der Waals surface area contributed by atoms with Crippen molar-refractivity contribution in [3.63, 3.8) is 0 Å². The van der Waals surface area contributed by atoms with E-state index in [1.54, 1.807) is 37.4 Å². The van der Waals surface area contributed by atoms with Gasteiger partial charge in [-0.05, 0) is 94.5 Å². The van der Waals surface area contributed by atoms with Crippen LogP contribution in [0.15, 0.2) is 109 Å². The Morgan fingerprint density at radius 3 is 2.24 bits per heavy atom. The molecule has 226 valence electrons. The van der Waals surface area contributed by atoms with E-state index in [-0.39, 0.29) is 22.3 Å². The van der Waals surface area contributed by atoms with Gasteiger partial charge in [-0.3, -0.25) is 4.79 Å². The second-order valence-electron chi connectivity index (χ2n) is 10.9. The van der Waals surface area contributed by atoms with Gasteiger partial charge in [0, 0.05) is 18.1 Å². The number of carboxylic acid groups (broad SMARTS) is 1. The molecule has 45 heavy (non-hydrogen) atoms. The first kappa shape index (κ1) is 29.6. The summed E-state index contributed by atoms with van der Waals surface area (Å²) >= 11 is 0. The zero-order valence-electron chi connectivity index (χ0n) is 23.9. The number of carboxylic acids is 1. The highest BCUT2D eigenvalue weighted by atomic mass is 19.4. The first-order chi connectivity index (χ1) is 21.5. The van der Waals surface area contributed by atoms with Crippen molar-refractivity contribution in [2.24, 2.45) is 0 Å². The molecule has 0 aliphatic rings. The van der Waals surface area contributed by atoms with Crippen LogP contribution in [0.2, 0.25) is 0 Å². The van der Waals surface area contributed by atoms with Gasteiger partial charge in [0.2, 0.25) is 0 Å². The molecule has 2 N–H and O–H groups in total. The van der Waals surface area contributed by atoms with Gasteiger partial charge in [0.25, 0.3) is 5.91 Å². The molecule has 1 atom stereocenters. The molecule has 0 unspecified atom stereocenters. The predicted molar refractivity (Wildman–Crippen MR) is 165 cm³/mol. The monoisotopic (exact) mass is 610 g/mol. The van der Waals surface area contributed by atoms with E-state index in [2.05, 4.69) is 11.4 Å². The van der Waals surface area contributed by atoms with E-state index < -0.39 is 35.5 Å². The van der Waals surface area contributed by atoms with Crippen LogP contribution in [0.3, 0.4) is 0 Å². The third-order valence-electron chi connectivity index (χ3n) is 7.84. The number of nitrogens with one attached hydrogen (secondary N) is 1. The van der Waals surface area contributed by atoms with Crippen LogP contribution >= 0.6 is 0 Å². The van der Waals surface area contributed by atoms with E-state index in [0.29, 0.717) is 29.1 Å². The molecule has 0 bridgehead atoms. The molecule has 6 rings (SSSR count). The summed E-state index contributed by atoms with van der Waals surface area (Å²) in [5.74, 6) is -2.61. The van der Waals surface area contributed by atoms with Crippen molar-refractivity contribution in [3.05, 3.63) is 143 Å². The molecule has 1 aromatic heterocycles. The number of carbonyl (C=O) groups is 2. The van der Waals surface area contributed by atoms with E-state index in [0.717, 1.165) is 28.5 Å². The largest absolute Gasteiger partial charge is 0.478 e. The molecule has 5 aromatic carbocycles. The van der Waals surface area contributed by atoms with Gasteiger partial charge in [-0.2, -0.15) is 13.2 Å². The fourth-order valence-electron chi connectivity index (χ4n) is 5.55. The first-order valence-electron chi connectivity index (χ1n) is 14.1. The van der Waals surface area contributed by atoms with Crippen LogP contribution in [0.4, 0.5) is 17.6 Å². The molecule has 1 amide bonds. The van der Waals surface area contributed by atoms with Crippen molar-refractivity contribution in [1.29, 1.82) is 0 Å². The quantitative estimate of drug-likeness (QED) is 0.178. The number of hydrogen-bond acceptors (Lipinski definition) is 2. The number of benzene rings is 5. The minimum Gasteiger partial charge on any atom is -0.478 e. The van der Waals surface area contributed by atoms with Gasteiger partial charge in [0.05, 0.1) is 28.2 Å². The van der Waals surface area contributed by atoms with Gasteiger partial charge in [-0.25, -0.2) is 9.18 Å². The van der Waals surface area contributed by atoms with Crippen LogP contribution in [0.5, 0.6) is 0 Å². The average molecular weight is 611 g/mol. The lowest BCUT2D eigenvalue weighted by atomic mass is 9.97. The summed E-state index contributed by atoms with van der Waals surface area (Å²) in [4.78, 5) is 25.2. The molecule has 0 fully saturated rings. The Morgan fingerprint density at radius 1 is 0.822 bits per heavy atom. The smallest absolute Gasteiger partial charge is 0.416 e. The number of amides is 1. The first-order valence-corrected chi connectivity index (χ1v) is 14.1. The lowest BCUT2D eigenvalue weighted by Crippen LogP contribution is -2.27. The summed E-state index contributed by atoms with van der Waals surface area (Å²) in [6.07, 6.45) is -2.95. The van der Waals surface area contributed by atoms with Gasteiger partial charge in [-0.1, -0.05) is 48.5 Å². The second kappa shape index (κ2) is 11.6. The summed E-state index contributed by atoms with van der Waals surface area (Å²) in [5.41, 5.74) is 1.60. The van der Waals surface area contributed by atoms with Crippen molar-refractivity contribution in [1.82, 2.24) is 9.88 Å². The highest BCUT2D eigenvalue weighted by Gasteiger charge is 2.31. The van der Waals surface area contributed by atoms with Gasteiger partial charge in [0.1, 0.15) is 5.82 Å². The standard InChI is InChI=1S/C36H26F4N2O3/c1-21(23-8-10-25(11-9-23)35(44)45)41-34(43)32-18-28(29-16-30(36(38,39)40)19-31(37)17-29)15-27-12-13-42(33(27)32)20-22-6-7-24-4-2-3-5-26(24)14-22/h2-19,21H,20H2,1H3,(H,41,43)(H,44,45)/t21-/m0/s1. The lowest BCUT2D eigenvalue weighted by molar-refractivity contribution is -0.137. The molecule has 0 saturated carbocycles. The molecule has 0 spiro atoms. The van der Waals surface area contributed by atoms with E-state index >= 15 is 0 Å². The van der Waals surface area contributed by atoms with Crippen molar-refractivity contribution < 1.29 is 32.3 Å². The van der Waals surface area contributed by atoms with Gasteiger partial charge in [0.15, 0.2) is 0 Å². The highest BCUT2D eigenvalue weighted by molar-refractivity contribution is 6.08. The van der Waals surface area contributed by atoms with E-state index in [1.165, 1.54) is 18.2 Å². The van der Waals surface area contributed by atoms with Crippen LogP contribution in [0, 0.1) is 5.82 Å². The molecule has 9 heteroatoms. The van der Waals surface area contributed by atoms with Crippen LogP contribution in [0.1, 0.15) is 50.4 Å². The summed E-state index contributed by atoms with van der Waals surface area (Å²) in [6.45, 7) is 2.16. The molecule has 1 heterocycles. The van der Waals surface area contributed by atoms with Gasteiger partial charge >= 0.3 is 12.1 Å². The Hall–Kier alpha value is -5.44. The topological polar surface area (TPSA) is 71.3 Å². The van der Waals surface area contributed by atoms with Crippen molar-refractivity contribution in [3.8, 4) is 11.1 Å². The fourth-order valence-corrected chi connectivity index (χ4v) is 5.55. The Morgan fingerprint density at radius 2 is 1.53 bits per heavy atom. The number of aromatic nitrogens is 1. The molecular formula is C36H26F4N2O3. The third-order valence-corrected chi connectivity index (χ3v) is 7.84. The SMILES string of the molecule is C[C@H](NC(=O)c1cc(-c2cc(F)cc(C(F)(F)F)c2)cc2ccn(Cc3ccc4ccccc4c3)c12)c1ccc(C(=O)O)cc1. The number of aromatic carboxylic acids is 1. The zero-order chi connectivity index (χ0) is 31.9. The van der Waals surface area contributed by atoms with Gasteiger partial charge < -0.3 is 15.0 Å². The maximum absolute atomic E-state index is 14.4. The Labute approximate surface area is 255 Å². The molecular weight excluding hydrogens is 584 g/mol. The van der Waals surface area contributed by atoms with E-state index in [1.807, 2.05) is 41.0 Å². The molecule has 6 aromatic rings. The summed E-state index contributed by atoms with van der Waals surface area (Å²) < 4.78 is 56.9. The Kier molecular flexibility index (Phi) is 7.62. The number of nitrogens with zero attached hydrogens (tertiary/aromatic N) is 1. The minimum atomic E-state index is -4.75. The molecule has 0 saturated heterocycles. The van der Waals surface area contributed by atoms with Crippen molar-refractivity contribution >= 4 is 33.6 Å². The fraction of sp³-hybridized carbons (Fsp3) is 0.111. The summed E-state index contributed by atoms with van der Waals surface area (Å²) in [6, 6.07) is 26.8. The summed E-state index contributed by atoms with van der Waals surface area (Å²) in [7, 11) is 0.